The molecule has 3 aromatic rings. The van der Waals surface area contributed by atoms with Crippen LogP contribution < -0.4 is 5.32 Å². The number of nitrogens with one attached hydrogen (secondary N) is 1. The number of anilines is 1. The second-order valence-electron chi connectivity index (χ2n) is 4.62. The summed E-state index contributed by atoms with van der Waals surface area (Å²) in [6, 6.07) is 5.32. The Labute approximate surface area is 121 Å². The topological polar surface area (TPSA) is 73.0 Å². The standard InChI is InChI=1S/C15H14N4O2/c1-10-8-12(11(2)21-10)15(20)18-13-9-16-6-4-14(13)19-7-3-5-17-19/h3-9H,1-2H3,(H,18,20). The fraction of sp³-hybridized carbons (Fsp3) is 0.133. The van der Waals surface area contributed by atoms with E-state index in [9.17, 15) is 4.79 Å². The zero-order valence-corrected chi connectivity index (χ0v) is 11.7. The van der Waals surface area contributed by atoms with Crippen molar-refractivity contribution in [1.82, 2.24) is 14.8 Å². The summed E-state index contributed by atoms with van der Waals surface area (Å²) in [4.78, 5) is 16.4. The molecule has 3 aromatic heterocycles. The molecule has 0 fully saturated rings. The number of hydrogen-bond acceptors (Lipinski definition) is 4. The number of carbonyl (C=O) groups is 1. The number of rotatable bonds is 3. The minimum absolute atomic E-state index is 0.231. The molecule has 3 heterocycles. The third kappa shape index (κ3) is 2.55. The molecule has 1 N–H and O–H groups in total. The molecule has 0 aliphatic heterocycles. The van der Waals surface area contributed by atoms with Gasteiger partial charge in [0.15, 0.2) is 0 Å². The Morgan fingerprint density at radius 2 is 2.19 bits per heavy atom. The van der Waals surface area contributed by atoms with Gasteiger partial charge in [-0.05, 0) is 32.0 Å². The van der Waals surface area contributed by atoms with Gasteiger partial charge < -0.3 is 9.73 Å². The number of nitrogens with zero attached hydrogens (tertiary/aromatic N) is 3. The monoisotopic (exact) mass is 282 g/mol. The molecule has 0 aliphatic carbocycles. The Morgan fingerprint density at radius 1 is 1.33 bits per heavy atom. The third-order valence-electron chi connectivity index (χ3n) is 3.08. The van der Waals surface area contributed by atoms with Crippen LogP contribution in [-0.2, 0) is 0 Å². The minimum Gasteiger partial charge on any atom is -0.466 e. The van der Waals surface area contributed by atoms with Crippen LogP contribution in [0.3, 0.4) is 0 Å². The van der Waals surface area contributed by atoms with E-state index in [4.69, 9.17) is 4.42 Å². The number of aryl methyl sites for hydroxylation is 2. The lowest BCUT2D eigenvalue weighted by atomic mass is 10.2. The van der Waals surface area contributed by atoms with Crippen LogP contribution in [0.1, 0.15) is 21.9 Å². The molecule has 0 bridgehead atoms. The SMILES string of the molecule is Cc1cc(C(=O)Nc2cnccc2-n2cccn2)c(C)o1. The highest BCUT2D eigenvalue weighted by Gasteiger charge is 2.15. The van der Waals surface area contributed by atoms with Crippen LogP contribution in [0.25, 0.3) is 5.69 Å². The van der Waals surface area contributed by atoms with Crippen molar-refractivity contribution in [1.29, 1.82) is 0 Å². The van der Waals surface area contributed by atoms with Crippen LogP contribution >= 0.6 is 0 Å². The van der Waals surface area contributed by atoms with E-state index in [1.807, 2.05) is 13.0 Å². The Morgan fingerprint density at radius 3 is 2.86 bits per heavy atom. The van der Waals surface area contributed by atoms with E-state index >= 15 is 0 Å². The molecule has 0 radical (unpaired) electrons. The van der Waals surface area contributed by atoms with Gasteiger partial charge in [0, 0.05) is 18.6 Å². The van der Waals surface area contributed by atoms with Gasteiger partial charge in [0.05, 0.1) is 23.1 Å². The highest BCUT2D eigenvalue weighted by Crippen LogP contribution is 2.20. The summed E-state index contributed by atoms with van der Waals surface area (Å²) in [5.74, 6) is 1.07. The van der Waals surface area contributed by atoms with Crippen LogP contribution in [0.5, 0.6) is 0 Å². The Balaban J connectivity index is 1.92. The lowest BCUT2D eigenvalue weighted by Crippen LogP contribution is -2.14. The van der Waals surface area contributed by atoms with Crippen molar-refractivity contribution in [3.05, 3.63) is 60.1 Å². The highest BCUT2D eigenvalue weighted by molar-refractivity contribution is 6.05. The van der Waals surface area contributed by atoms with Crippen LogP contribution in [0.2, 0.25) is 0 Å². The van der Waals surface area contributed by atoms with Gasteiger partial charge in [-0.3, -0.25) is 9.78 Å². The maximum absolute atomic E-state index is 12.3. The molecule has 0 saturated carbocycles. The van der Waals surface area contributed by atoms with E-state index in [-0.39, 0.29) is 5.91 Å². The first-order valence-corrected chi connectivity index (χ1v) is 6.47. The normalized spacial score (nSPS) is 10.6. The number of amides is 1. The number of hydrogen-bond donors (Lipinski definition) is 1. The van der Waals surface area contributed by atoms with Gasteiger partial charge in [-0.25, -0.2) is 4.68 Å². The van der Waals surface area contributed by atoms with Crippen molar-refractivity contribution < 1.29 is 9.21 Å². The van der Waals surface area contributed by atoms with Crippen molar-refractivity contribution in [2.45, 2.75) is 13.8 Å². The van der Waals surface area contributed by atoms with Gasteiger partial charge in [-0.2, -0.15) is 5.10 Å². The first-order chi connectivity index (χ1) is 10.1. The summed E-state index contributed by atoms with van der Waals surface area (Å²) >= 11 is 0. The summed E-state index contributed by atoms with van der Waals surface area (Å²) in [5, 5.41) is 7.01. The maximum Gasteiger partial charge on any atom is 0.259 e. The quantitative estimate of drug-likeness (QED) is 0.801. The molecule has 106 valence electrons. The Bertz CT molecular complexity index is 775. The number of furan rings is 1. The number of aromatic nitrogens is 3. The molecule has 21 heavy (non-hydrogen) atoms. The van der Waals surface area contributed by atoms with E-state index in [1.165, 1.54) is 0 Å². The van der Waals surface area contributed by atoms with Crippen LogP contribution in [0.15, 0.2) is 47.4 Å². The lowest BCUT2D eigenvalue weighted by molar-refractivity contribution is 0.102. The molecule has 6 heteroatoms. The average Bonchev–Trinajstić information content (AvgIpc) is 3.09. The average molecular weight is 282 g/mol. The van der Waals surface area contributed by atoms with Gasteiger partial charge in [-0.15, -0.1) is 0 Å². The fourth-order valence-electron chi connectivity index (χ4n) is 2.14. The van der Waals surface area contributed by atoms with Crippen molar-refractivity contribution in [3.63, 3.8) is 0 Å². The minimum atomic E-state index is -0.231. The number of pyridine rings is 1. The van der Waals surface area contributed by atoms with Gasteiger partial charge in [0.1, 0.15) is 11.5 Å². The Hall–Kier alpha value is -2.89. The maximum atomic E-state index is 12.3. The first-order valence-electron chi connectivity index (χ1n) is 6.47. The molecule has 0 spiro atoms. The molecule has 0 unspecified atom stereocenters. The predicted molar refractivity (Wildman–Crippen MR) is 77.5 cm³/mol. The predicted octanol–water partition coefficient (Wildman–Crippen LogP) is 2.73. The smallest absolute Gasteiger partial charge is 0.259 e. The molecule has 0 saturated heterocycles. The van der Waals surface area contributed by atoms with Gasteiger partial charge in [-0.1, -0.05) is 0 Å². The zero-order valence-electron chi connectivity index (χ0n) is 11.7. The zero-order chi connectivity index (χ0) is 14.8. The number of carbonyl (C=O) groups excluding carboxylic acids is 1. The molecule has 1 amide bonds. The summed E-state index contributed by atoms with van der Waals surface area (Å²) in [6.07, 6.45) is 6.73. The van der Waals surface area contributed by atoms with Crippen LogP contribution in [0.4, 0.5) is 5.69 Å². The molecular weight excluding hydrogens is 268 g/mol. The molecule has 0 atom stereocenters. The Kier molecular flexibility index (Phi) is 3.27. The second kappa shape index (κ2) is 5.24. The highest BCUT2D eigenvalue weighted by atomic mass is 16.3. The molecule has 6 nitrogen and oxygen atoms in total. The van der Waals surface area contributed by atoms with E-state index in [2.05, 4.69) is 15.4 Å². The van der Waals surface area contributed by atoms with Gasteiger partial charge >= 0.3 is 0 Å². The first kappa shape index (κ1) is 13.1. The fourth-order valence-corrected chi connectivity index (χ4v) is 2.14. The van der Waals surface area contributed by atoms with Crippen molar-refractivity contribution in [2.24, 2.45) is 0 Å². The summed E-state index contributed by atoms with van der Waals surface area (Å²) in [7, 11) is 0. The third-order valence-corrected chi connectivity index (χ3v) is 3.08. The van der Waals surface area contributed by atoms with Gasteiger partial charge in [0.2, 0.25) is 0 Å². The van der Waals surface area contributed by atoms with Gasteiger partial charge in [0.25, 0.3) is 5.91 Å². The summed E-state index contributed by atoms with van der Waals surface area (Å²) in [5.41, 5.74) is 1.86. The molecular formula is C15H14N4O2. The van der Waals surface area contributed by atoms with Crippen LogP contribution in [0, 0.1) is 13.8 Å². The van der Waals surface area contributed by atoms with E-state index in [1.54, 1.807) is 48.5 Å². The summed E-state index contributed by atoms with van der Waals surface area (Å²) < 4.78 is 7.05. The molecule has 0 aromatic carbocycles. The summed E-state index contributed by atoms with van der Waals surface area (Å²) in [6.45, 7) is 3.57. The lowest BCUT2D eigenvalue weighted by Gasteiger charge is -2.10. The molecule has 0 aliphatic rings. The van der Waals surface area contributed by atoms with Crippen molar-refractivity contribution >= 4 is 11.6 Å². The van der Waals surface area contributed by atoms with Crippen LogP contribution in [-0.4, -0.2) is 20.7 Å². The van der Waals surface area contributed by atoms with Crippen molar-refractivity contribution in [2.75, 3.05) is 5.32 Å². The van der Waals surface area contributed by atoms with E-state index < -0.39 is 0 Å². The molecule has 3 rings (SSSR count). The van der Waals surface area contributed by atoms with E-state index in [0.717, 1.165) is 5.69 Å². The second-order valence-corrected chi connectivity index (χ2v) is 4.62. The van der Waals surface area contributed by atoms with Crippen molar-refractivity contribution in [3.8, 4) is 5.69 Å². The largest absolute Gasteiger partial charge is 0.466 e. The van der Waals surface area contributed by atoms with E-state index in [0.29, 0.717) is 22.8 Å².